The highest BCUT2D eigenvalue weighted by Crippen LogP contribution is 2.32. The molecule has 4 aromatic rings. The Morgan fingerprint density at radius 1 is 1.00 bits per heavy atom. The van der Waals surface area contributed by atoms with Gasteiger partial charge in [-0.05, 0) is 19.1 Å². The molecule has 11 nitrogen and oxygen atoms in total. The summed E-state index contributed by atoms with van der Waals surface area (Å²) in [6, 6.07) is 8.48. The van der Waals surface area contributed by atoms with Crippen LogP contribution in [0, 0.1) is 6.92 Å². The van der Waals surface area contributed by atoms with E-state index in [9.17, 15) is 8.42 Å². The predicted molar refractivity (Wildman–Crippen MR) is 147 cm³/mol. The van der Waals surface area contributed by atoms with Gasteiger partial charge in [-0.15, -0.1) is 0 Å². The zero-order valence-electron chi connectivity index (χ0n) is 21.3. The van der Waals surface area contributed by atoms with Crippen LogP contribution in [0.1, 0.15) is 10.8 Å². The second kappa shape index (κ2) is 9.49. The number of nitrogens with zero attached hydrogens (tertiary/aromatic N) is 8. The third-order valence-corrected chi connectivity index (χ3v) is 10.2. The van der Waals surface area contributed by atoms with Crippen molar-refractivity contribution >= 4 is 48.4 Å². The Morgan fingerprint density at radius 3 is 2.55 bits per heavy atom. The number of morpholine rings is 1. The van der Waals surface area contributed by atoms with Gasteiger partial charge >= 0.3 is 0 Å². The molecule has 0 aliphatic carbocycles. The number of rotatable bonds is 5. The third-order valence-electron chi connectivity index (χ3n) is 7.70. The van der Waals surface area contributed by atoms with Crippen molar-refractivity contribution in [3.8, 4) is 5.95 Å². The number of imidazole rings is 1. The highest BCUT2D eigenvalue weighted by atomic mass is 32.2. The predicted octanol–water partition coefficient (Wildman–Crippen LogP) is 1.48. The topological polar surface area (TPSA) is 110 Å². The van der Waals surface area contributed by atoms with Crippen molar-refractivity contribution in [1.29, 1.82) is 0 Å². The first-order valence-electron chi connectivity index (χ1n) is 13.0. The molecule has 1 aromatic carbocycles. The average Bonchev–Trinajstić information content (AvgIpc) is 3.45. The summed E-state index contributed by atoms with van der Waals surface area (Å²) in [6.45, 7) is 8.76. The third kappa shape index (κ3) is 4.45. The van der Waals surface area contributed by atoms with E-state index in [4.69, 9.17) is 24.7 Å². The summed E-state index contributed by atoms with van der Waals surface area (Å²) in [5.74, 6) is 2.87. The molecule has 3 fully saturated rings. The molecule has 3 aliphatic heterocycles. The van der Waals surface area contributed by atoms with Crippen LogP contribution in [-0.4, -0.2) is 113 Å². The summed E-state index contributed by atoms with van der Waals surface area (Å²) in [7, 11) is -2.85. The molecule has 7 rings (SSSR count). The molecule has 0 atom stereocenters. The average molecular weight is 555 g/mol. The van der Waals surface area contributed by atoms with E-state index in [0.717, 1.165) is 70.8 Å². The maximum atomic E-state index is 11.8. The van der Waals surface area contributed by atoms with Gasteiger partial charge in [0.05, 0.1) is 42.3 Å². The molecular weight excluding hydrogens is 524 g/mol. The van der Waals surface area contributed by atoms with Gasteiger partial charge in [-0.1, -0.05) is 23.5 Å². The smallest absolute Gasteiger partial charge is 0.239 e. The van der Waals surface area contributed by atoms with Gasteiger partial charge in [-0.25, -0.2) is 18.4 Å². The number of hydrogen-bond donors (Lipinski definition) is 0. The second-order valence-electron chi connectivity index (χ2n) is 10.2. The Morgan fingerprint density at radius 2 is 1.76 bits per heavy atom. The van der Waals surface area contributed by atoms with E-state index in [0.29, 0.717) is 38.3 Å². The lowest BCUT2D eigenvalue weighted by atomic mass is 10.1. The highest BCUT2D eigenvalue weighted by Gasteiger charge is 2.35. The Labute approximate surface area is 225 Å². The fourth-order valence-corrected chi connectivity index (χ4v) is 7.79. The summed E-state index contributed by atoms with van der Waals surface area (Å²) in [5, 5.41) is 1.02. The van der Waals surface area contributed by atoms with Gasteiger partial charge in [0.1, 0.15) is 16.3 Å². The fourth-order valence-electron chi connectivity index (χ4n) is 5.59. The molecule has 0 bridgehead atoms. The molecule has 3 aromatic heterocycles. The van der Waals surface area contributed by atoms with Gasteiger partial charge in [0.15, 0.2) is 20.5 Å². The molecule has 3 saturated heterocycles. The van der Waals surface area contributed by atoms with Gasteiger partial charge in [0, 0.05) is 45.3 Å². The normalized spacial score (nSPS) is 21.3. The first-order valence-corrected chi connectivity index (χ1v) is 15.7. The minimum Gasteiger partial charge on any atom is -0.378 e. The van der Waals surface area contributed by atoms with Crippen molar-refractivity contribution in [2.45, 2.75) is 19.5 Å². The minimum absolute atomic E-state index is 0.276. The molecule has 0 N–H and O–H groups in total. The Hall–Kier alpha value is -2.71. The van der Waals surface area contributed by atoms with Crippen LogP contribution in [-0.2, 0) is 21.1 Å². The van der Waals surface area contributed by atoms with E-state index in [1.165, 1.54) is 0 Å². The fraction of sp³-hybridized carbons (Fsp3) is 0.520. The quantitative estimate of drug-likeness (QED) is 0.360. The molecule has 13 heteroatoms. The maximum absolute atomic E-state index is 11.8. The Balaban J connectivity index is 1.18. The Kier molecular flexibility index (Phi) is 6.08. The van der Waals surface area contributed by atoms with Crippen molar-refractivity contribution in [2.24, 2.45) is 0 Å². The zero-order valence-corrected chi connectivity index (χ0v) is 22.9. The van der Waals surface area contributed by atoms with Crippen LogP contribution in [0.4, 0.5) is 5.82 Å². The lowest BCUT2D eigenvalue weighted by Crippen LogP contribution is -2.61. The zero-order chi connectivity index (χ0) is 25.9. The molecule has 0 radical (unpaired) electrons. The number of ether oxygens (including phenoxy) is 1. The molecule has 0 spiro atoms. The summed E-state index contributed by atoms with van der Waals surface area (Å²) >= 11 is 1.62. The molecule has 0 unspecified atom stereocenters. The molecular formula is C25H30N8O3S2. The molecule has 3 aliphatic rings. The van der Waals surface area contributed by atoms with E-state index in [1.807, 2.05) is 35.8 Å². The highest BCUT2D eigenvalue weighted by molar-refractivity contribution is 7.91. The second-order valence-corrected chi connectivity index (χ2v) is 13.6. The monoisotopic (exact) mass is 554 g/mol. The molecule has 6 heterocycles. The lowest BCUT2D eigenvalue weighted by molar-refractivity contribution is 0.0334. The summed E-state index contributed by atoms with van der Waals surface area (Å²) in [4.78, 5) is 27.6. The van der Waals surface area contributed by atoms with E-state index in [1.54, 1.807) is 11.3 Å². The number of thiazole rings is 1. The number of sulfone groups is 1. The van der Waals surface area contributed by atoms with Crippen molar-refractivity contribution in [3.05, 3.63) is 35.1 Å². The lowest BCUT2D eigenvalue weighted by Gasteiger charge is -2.46. The molecule has 0 amide bonds. The SMILES string of the molecule is Cc1nc2ccccc2n1-c1nc(N2CCOCC2)c2nc(CN3CC(N4CCS(=O)(=O)CC4)C3)sc2n1. The van der Waals surface area contributed by atoms with Crippen LogP contribution >= 0.6 is 11.3 Å². The summed E-state index contributed by atoms with van der Waals surface area (Å²) in [5.41, 5.74) is 2.75. The molecule has 200 valence electrons. The van der Waals surface area contributed by atoms with Crippen LogP contribution in [0.5, 0.6) is 0 Å². The number of para-hydroxylation sites is 2. The first kappa shape index (κ1) is 24.3. The number of aryl methyl sites for hydroxylation is 1. The largest absolute Gasteiger partial charge is 0.378 e. The van der Waals surface area contributed by atoms with E-state index >= 15 is 0 Å². The van der Waals surface area contributed by atoms with Gasteiger partial charge < -0.3 is 9.64 Å². The van der Waals surface area contributed by atoms with Crippen LogP contribution in [0.25, 0.3) is 27.3 Å². The van der Waals surface area contributed by atoms with Gasteiger partial charge in [0.25, 0.3) is 0 Å². The molecule has 0 saturated carbocycles. The van der Waals surface area contributed by atoms with Crippen LogP contribution in [0.15, 0.2) is 24.3 Å². The number of benzene rings is 1. The number of fused-ring (bicyclic) bond motifs is 2. The summed E-state index contributed by atoms with van der Waals surface area (Å²) in [6.07, 6.45) is 0. The van der Waals surface area contributed by atoms with Crippen LogP contribution in [0.3, 0.4) is 0 Å². The van der Waals surface area contributed by atoms with E-state index in [2.05, 4.69) is 14.7 Å². The van der Waals surface area contributed by atoms with E-state index in [-0.39, 0.29) is 11.5 Å². The van der Waals surface area contributed by atoms with Crippen LogP contribution < -0.4 is 4.90 Å². The van der Waals surface area contributed by atoms with Gasteiger partial charge in [0.2, 0.25) is 5.95 Å². The van der Waals surface area contributed by atoms with Crippen LogP contribution in [0.2, 0.25) is 0 Å². The Bertz CT molecular complexity index is 1590. The van der Waals surface area contributed by atoms with Crippen molar-refractivity contribution in [1.82, 2.24) is 34.3 Å². The van der Waals surface area contributed by atoms with Gasteiger partial charge in [-0.3, -0.25) is 14.4 Å². The standard InChI is InChI=1S/C25H30N8O3S2/c1-17-26-19-4-2-3-5-20(19)33(17)25-28-23(32-6-10-36-11-7-32)22-24(29-25)37-21(27-22)16-30-14-18(15-30)31-8-12-38(34,35)13-9-31/h2-5,18H,6-16H2,1H3. The number of likely N-dealkylation sites (tertiary alicyclic amines) is 1. The minimum atomic E-state index is -2.85. The van der Waals surface area contributed by atoms with Crippen molar-refractivity contribution in [2.75, 3.05) is 68.9 Å². The number of anilines is 1. The summed E-state index contributed by atoms with van der Waals surface area (Å²) < 4.78 is 31.2. The van der Waals surface area contributed by atoms with Crippen molar-refractivity contribution < 1.29 is 13.2 Å². The first-order chi connectivity index (χ1) is 18.4. The number of aromatic nitrogens is 5. The molecule has 38 heavy (non-hydrogen) atoms. The number of hydrogen-bond acceptors (Lipinski definition) is 11. The van der Waals surface area contributed by atoms with Gasteiger partial charge in [-0.2, -0.15) is 9.97 Å². The van der Waals surface area contributed by atoms with Crippen molar-refractivity contribution in [3.63, 3.8) is 0 Å². The van der Waals surface area contributed by atoms with E-state index < -0.39 is 9.84 Å². The maximum Gasteiger partial charge on any atom is 0.239 e.